The number of ether oxygens (including phenoxy) is 1. The number of carbonyl (C=O) groups excluding carboxylic acids is 1. The number of esters is 1. The summed E-state index contributed by atoms with van der Waals surface area (Å²) in [7, 11) is 0. The van der Waals surface area contributed by atoms with E-state index in [0.29, 0.717) is 0 Å². The monoisotopic (exact) mass is 305 g/mol. The number of hydrogen-bond acceptors (Lipinski definition) is 3. The molecule has 0 fully saturated rings. The SMILES string of the molecule is CCOC(=O)C(C)(Cc1ccncc1)c1cccc(F)c1F. The minimum Gasteiger partial charge on any atom is -0.465 e. The molecule has 1 heterocycles. The highest BCUT2D eigenvalue weighted by Gasteiger charge is 2.39. The number of rotatable bonds is 5. The molecule has 0 saturated carbocycles. The summed E-state index contributed by atoms with van der Waals surface area (Å²) in [6, 6.07) is 7.29. The van der Waals surface area contributed by atoms with Crippen molar-refractivity contribution in [3.63, 3.8) is 0 Å². The van der Waals surface area contributed by atoms with Crippen molar-refractivity contribution in [3.8, 4) is 0 Å². The van der Waals surface area contributed by atoms with Crippen LogP contribution in [0.1, 0.15) is 25.0 Å². The van der Waals surface area contributed by atoms with E-state index in [0.717, 1.165) is 11.6 Å². The van der Waals surface area contributed by atoms with E-state index in [-0.39, 0.29) is 18.6 Å². The van der Waals surface area contributed by atoms with E-state index in [1.54, 1.807) is 38.4 Å². The summed E-state index contributed by atoms with van der Waals surface area (Å²) in [5, 5.41) is 0. The van der Waals surface area contributed by atoms with Crippen LogP contribution in [0.15, 0.2) is 42.7 Å². The molecule has 0 N–H and O–H groups in total. The van der Waals surface area contributed by atoms with Crippen molar-refractivity contribution in [1.29, 1.82) is 0 Å². The van der Waals surface area contributed by atoms with Gasteiger partial charge in [0.15, 0.2) is 11.6 Å². The van der Waals surface area contributed by atoms with Crippen LogP contribution in [-0.4, -0.2) is 17.6 Å². The number of benzene rings is 1. The van der Waals surface area contributed by atoms with Crippen molar-refractivity contribution in [2.75, 3.05) is 6.61 Å². The Morgan fingerprint density at radius 3 is 2.55 bits per heavy atom. The molecule has 1 aromatic carbocycles. The Kier molecular flexibility index (Phi) is 4.85. The first-order valence-electron chi connectivity index (χ1n) is 6.99. The van der Waals surface area contributed by atoms with Gasteiger partial charge in [-0.2, -0.15) is 0 Å². The Hall–Kier alpha value is -2.30. The second kappa shape index (κ2) is 6.64. The summed E-state index contributed by atoms with van der Waals surface area (Å²) in [5.74, 6) is -2.59. The lowest BCUT2D eigenvalue weighted by atomic mass is 9.77. The molecule has 0 saturated heterocycles. The van der Waals surface area contributed by atoms with Gasteiger partial charge in [0.25, 0.3) is 0 Å². The van der Waals surface area contributed by atoms with Gasteiger partial charge in [0.2, 0.25) is 0 Å². The van der Waals surface area contributed by atoms with Gasteiger partial charge in [-0.1, -0.05) is 12.1 Å². The molecule has 0 radical (unpaired) electrons. The van der Waals surface area contributed by atoms with Crippen LogP contribution in [0.4, 0.5) is 8.78 Å². The summed E-state index contributed by atoms with van der Waals surface area (Å²) in [6.45, 7) is 3.40. The molecule has 0 aliphatic carbocycles. The van der Waals surface area contributed by atoms with Crippen molar-refractivity contribution in [2.24, 2.45) is 0 Å². The Labute approximate surface area is 128 Å². The second-order valence-electron chi connectivity index (χ2n) is 5.19. The lowest BCUT2D eigenvalue weighted by Gasteiger charge is -2.28. The molecule has 1 atom stereocenters. The molecule has 2 rings (SSSR count). The zero-order valence-corrected chi connectivity index (χ0v) is 12.5. The quantitative estimate of drug-likeness (QED) is 0.795. The number of aromatic nitrogens is 1. The fourth-order valence-electron chi connectivity index (χ4n) is 2.41. The van der Waals surface area contributed by atoms with E-state index < -0.39 is 23.0 Å². The molecule has 0 spiro atoms. The minimum atomic E-state index is -1.32. The summed E-state index contributed by atoms with van der Waals surface area (Å²) in [6.07, 6.45) is 3.36. The molecule has 0 bridgehead atoms. The zero-order valence-electron chi connectivity index (χ0n) is 12.5. The van der Waals surface area contributed by atoms with Crippen LogP contribution in [0.5, 0.6) is 0 Å². The van der Waals surface area contributed by atoms with Crippen LogP contribution < -0.4 is 0 Å². The van der Waals surface area contributed by atoms with Gasteiger partial charge in [0, 0.05) is 18.0 Å². The molecule has 1 unspecified atom stereocenters. The largest absolute Gasteiger partial charge is 0.465 e. The standard InChI is InChI=1S/C17H17F2NO2/c1-3-22-16(21)17(2,11-12-7-9-20-10-8-12)13-5-4-6-14(18)15(13)19/h4-10H,3,11H2,1-2H3. The average Bonchev–Trinajstić information content (AvgIpc) is 2.51. The van der Waals surface area contributed by atoms with Gasteiger partial charge < -0.3 is 4.74 Å². The first-order chi connectivity index (χ1) is 10.5. The maximum Gasteiger partial charge on any atom is 0.316 e. The third kappa shape index (κ3) is 3.13. The summed E-state index contributed by atoms with van der Waals surface area (Å²) in [5.41, 5.74) is -0.541. The second-order valence-corrected chi connectivity index (χ2v) is 5.19. The van der Waals surface area contributed by atoms with Crippen LogP contribution in [0.3, 0.4) is 0 Å². The van der Waals surface area contributed by atoms with Crippen LogP contribution in [0.2, 0.25) is 0 Å². The minimum absolute atomic E-state index is 0.0113. The lowest BCUT2D eigenvalue weighted by molar-refractivity contribution is -0.149. The third-order valence-electron chi connectivity index (χ3n) is 3.58. The molecule has 1 aromatic heterocycles. The molecule has 0 amide bonds. The lowest BCUT2D eigenvalue weighted by Crippen LogP contribution is -2.38. The van der Waals surface area contributed by atoms with Crippen LogP contribution in [-0.2, 0) is 21.4 Å². The number of carbonyl (C=O) groups is 1. The van der Waals surface area contributed by atoms with Crippen molar-refractivity contribution >= 4 is 5.97 Å². The topological polar surface area (TPSA) is 39.2 Å². The Morgan fingerprint density at radius 1 is 1.23 bits per heavy atom. The van der Waals surface area contributed by atoms with Crippen LogP contribution in [0, 0.1) is 11.6 Å². The van der Waals surface area contributed by atoms with Crippen LogP contribution >= 0.6 is 0 Å². The fraction of sp³-hybridized carbons (Fsp3) is 0.294. The molecule has 5 heteroatoms. The van der Waals surface area contributed by atoms with Gasteiger partial charge in [-0.05, 0) is 44.0 Å². The predicted molar refractivity (Wildman–Crippen MR) is 78.3 cm³/mol. The number of hydrogen-bond donors (Lipinski definition) is 0. The molecule has 0 aliphatic rings. The molecule has 116 valence electrons. The van der Waals surface area contributed by atoms with E-state index in [4.69, 9.17) is 4.74 Å². The first kappa shape index (κ1) is 16.1. The van der Waals surface area contributed by atoms with E-state index in [1.807, 2.05) is 0 Å². The molecule has 0 aliphatic heterocycles. The van der Waals surface area contributed by atoms with E-state index >= 15 is 0 Å². The Balaban J connectivity index is 2.50. The zero-order chi connectivity index (χ0) is 16.2. The van der Waals surface area contributed by atoms with E-state index in [9.17, 15) is 13.6 Å². The molecule has 3 nitrogen and oxygen atoms in total. The number of halogens is 2. The van der Waals surface area contributed by atoms with Gasteiger partial charge in [-0.15, -0.1) is 0 Å². The molecular formula is C17H17F2NO2. The molecule has 22 heavy (non-hydrogen) atoms. The maximum absolute atomic E-state index is 14.2. The van der Waals surface area contributed by atoms with Gasteiger partial charge in [0.1, 0.15) is 0 Å². The summed E-state index contributed by atoms with van der Waals surface area (Å²) in [4.78, 5) is 16.3. The van der Waals surface area contributed by atoms with Gasteiger partial charge >= 0.3 is 5.97 Å². The van der Waals surface area contributed by atoms with Crippen molar-refractivity contribution < 1.29 is 18.3 Å². The highest BCUT2D eigenvalue weighted by Crippen LogP contribution is 2.32. The highest BCUT2D eigenvalue weighted by atomic mass is 19.2. The normalized spacial score (nSPS) is 13.5. The smallest absolute Gasteiger partial charge is 0.316 e. The summed E-state index contributed by atoms with van der Waals surface area (Å²) >= 11 is 0. The van der Waals surface area contributed by atoms with Crippen molar-refractivity contribution in [1.82, 2.24) is 4.98 Å². The van der Waals surface area contributed by atoms with Gasteiger partial charge in [-0.3, -0.25) is 9.78 Å². The average molecular weight is 305 g/mol. The number of pyridine rings is 1. The predicted octanol–water partition coefficient (Wildman–Crippen LogP) is 3.42. The molecular weight excluding hydrogens is 288 g/mol. The maximum atomic E-state index is 14.2. The van der Waals surface area contributed by atoms with E-state index in [1.165, 1.54) is 12.1 Å². The van der Waals surface area contributed by atoms with E-state index in [2.05, 4.69) is 4.98 Å². The Morgan fingerprint density at radius 2 is 1.91 bits per heavy atom. The van der Waals surface area contributed by atoms with Crippen molar-refractivity contribution in [3.05, 3.63) is 65.5 Å². The summed E-state index contributed by atoms with van der Waals surface area (Å²) < 4.78 is 32.9. The Bertz CT molecular complexity index is 661. The third-order valence-corrected chi connectivity index (χ3v) is 3.58. The first-order valence-corrected chi connectivity index (χ1v) is 6.99. The fourth-order valence-corrected chi connectivity index (χ4v) is 2.41. The van der Waals surface area contributed by atoms with Gasteiger partial charge in [-0.25, -0.2) is 8.78 Å². The highest BCUT2D eigenvalue weighted by molar-refractivity contribution is 5.83. The van der Waals surface area contributed by atoms with Gasteiger partial charge in [0.05, 0.1) is 12.0 Å². The van der Waals surface area contributed by atoms with Crippen molar-refractivity contribution in [2.45, 2.75) is 25.7 Å². The molecule has 2 aromatic rings. The van der Waals surface area contributed by atoms with Crippen LogP contribution in [0.25, 0.3) is 0 Å². The number of nitrogens with zero attached hydrogens (tertiary/aromatic N) is 1.